The molecule has 0 aliphatic heterocycles. The maximum absolute atomic E-state index is 4.65. The normalized spacial score (nSPS) is 10.5. The second kappa shape index (κ2) is 4.45. The maximum Gasteiger partial charge on any atom is 0.0914 e. The molecule has 2 aromatic heterocycles. The third-order valence-electron chi connectivity index (χ3n) is 2.91. The summed E-state index contributed by atoms with van der Waals surface area (Å²) in [7, 11) is 1.92. The Labute approximate surface area is 106 Å². The summed E-state index contributed by atoms with van der Waals surface area (Å²) in [5, 5.41) is 4.34. The smallest absolute Gasteiger partial charge is 0.0914 e. The van der Waals surface area contributed by atoms with Crippen molar-refractivity contribution < 1.29 is 0 Å². The fourth-order valence-electron chi connectivity index (χ4n) is 2.03. The van der Waals surface area contributed by atoms with E-state index in [9.17, 15) is 0 Å². The molecule has 88 valence electrons. The topological polar surface area (TPSA) is 37.8 Å². The summed E-state index contributed by atoms with van der Waals surface area (Å²) in [6.45, 7) is 0. The zero-order valence-corrected chi connectivity index (χ0v) is 10.1. The summed E-state index contributed by atoms with van der Waals surface area (Å²) >= 11 is 0. The van der Waals surface area contributed by atoms with Gasteiger partial charge in [-0.3, -0.25) is 4.98 Å². The number of para-hydroxylation sites is 1. The lowest BCUT2D eigenvalue weighted by atomic mass is 10.1. The lowest BCUT2D eigenvalue weighted by Crippen LogP contribution is -1.94. The van der Waals surface area contributed by atoms with Gasteiger partial charge in [-0.2, -0.15) is 0 Å². The van der Waals surface area contributed by atoms with Crippen LogP contribution >= 0.6 is 0 Å². The highest BCUT2D eigenvalue weighted by Gasteiger charge is 2.06. The van der Waals surface area contributed by atoms with Gasteiger partial charge in [0.1, 0.15) is 0 Å². The Morgan fingerprint density at radius 3 is 2.56 bits per heavy atom. The van der Waals surface area contributed by atoms with Crippen molar-refractivity contribution in [3.05, 3.63) is 54.7 Å². The minimum absolute atomic E-state index is 0.888. The van der Waals surface area contributed by atoms with Crippen LogP contribution in [0.4, 0.5) is 5.69 Å². The van der Waals surface area contributed by atoms with Crippen molar-refractivity contribution in [1.82, 2.24) is 9.97 Å². The molecule has 0 saturated heterocycles. The van der Waals surface area contributed by atoms with E-state index in [2.05, 4.69) is 21.4 Å². The van der Waals surface area contributed by atoms with Gasteiger partial charge in [0.25, 0.3) is 0 Å². The number of pyridine rings is 2. The van der Waals surface area contributed by atoms with Crippen LogP contribution in [-0.2, 0) is 0 Å². The monoisotopic (exact) mass is 235 g/mol. The average molecular weight is 235 g/mol. The van der Waals surface area contributed by atoms with Gasteiger partial charge in [0.15, 0.2) is 0 Å². The molecule has 0 aliphatic rings. The first-order valence-electron chi connectivity index (χ1n) is 5.87. The van der Waals surface area contributed by atoms with E-state index in [1.807, 2.05) is 49.5 Å². The van der Waals surface area contributed by atoms with Gasteiger partial charge in [0, 0.05) is 24.3 Å². The molecule has 1 aromatic carbocycles. The van der Waals surface area contributed by atoms with Crippen LogP contribution in [0.3, 0.4) is 0 Å². The highest BCUT2D eigenvalue weighted by Crippen LogP contribution is 2.26. The predicted molar refractivity (Wildman–Crippen MR) is 74.5 cm³/mol. The Morgan fingerprint density at radius 2 is 1.78 bits per heavy atom. The molecule has 0 radical (unpaired) electrons. The number of aromatic nitrogens is 2. The molecule has 2 heterocycles. The van der Waals surface area contributed by atoms with E-state index in [-0.39, 0.29) is 0 Å². The van der Waals surface area contributed by atoms with Crippen LogP contribution in [0.2, 0.25) is 0 Å². The van der Waals surface area contributed by atoms with E-state index in [4.69, 9.17) is 0 Å². The number of anilines is 1. The standard InChI is InChI=1S/C15H13N3/c1-16-14-10-15(13-8-4-5-9-17-13)18-12-7-3-2-6-11(12)14/h2-10H,1H3,(H,16,18). The van der Waals surface area contributed by atoms with Crippen molar-refractivity contribution in [3.8, 4) is 11.4 Å². The number of fused-ring (bicyclic) bond motifs is 1. The Bertz CT molecular complexity index is 678. The van der Waals surface area contributed by atoms with Crippen LogP contribution in [0.1, 0.15) is 0 Å². The predicted octanol–water partition coefficient (Wildman–Crippen LogP) is 3.34. The van der Waals surface area contributed by atoms with Crippen molar-refractivity contribution in [2.75, 3.05) is 12.4 Å². The van der Waals surface area contributed by atoms with E-state index < -0.39 is 0 Å². The Balaban J connectivity index is 2.26. The van der Waals surface area contributed by atoms with Gasteiger partial charge in [0.2, 0.25) is 0 Å². The largest absolute Gasteiger partial charge is 0.388 e. The van der Waals surface area contributed by atoms with Gasteiger partial charge in [-0.25, -0.2) is 4.98 Å². The fourth-order valence-corrected chi connectivity index (χ4v) is 2.03. The summed E-state index contributed by atoms with van der Waals surface area (Å²) < 4.78 is 0. The van der Waals surface area contributed by atoms with Crippen molar-refractivity contribution in [3.63, 3.8) is 0 Å². The molecule has 0 aliphatic carbocycles. The van der Waals surface area contributed by atoms with Gasteiger partial charge in [-0.1, -0.05) is 24.3 Å². The molecule has 0 saturated carbocycles. The first-order valence-corrected chi connectivity index (χ1v) is 5.87. The summed E-state index contributed by atoms with van der Waals surface area (Å²) in [6, 6.07) is 16.0. The number of hydrogen-bond acceptors (Lipinski definition) is 3. The SMILES string of the molecule is CNc1cc(-c2ccccn2)nc2ccccc12. The van der Waals surface area contributed by atoms with Crippen LogP contribution in [-0.4, -0.2) is 17.0 Å². The summed E-state index contributed by atoms with van der Waals surface area (Å²) in [6.07, 6.45) is 1.78. The number of nitrogens with zero attached hydrogens (tertiary/aromatic N) is 2. The van der Waals surface area contributed by atoms with Gasteiger partial charge >= 0.3 is 0 Å². The van der Waals surface area contributed by atoms with Crippen molar-refractivity contribution in [2.45, 2.75) is 0 Å². The Morgan fingerprint density at radius 1 is 0.944 bits per heavy atom. The number of nitrogens with one attached hydrogen (secondary N) is 1. The van der Waals surface area contributed by atoms with Gasteiger partial charge in [-0.05, 0) is 24.3 Å². The summed E-state index contributed by atoms with van der Waals surface area (Å²) in [5.41, 5.74) is 3.82. The molecule has 3 rings (SSSR count). The molecule has 18 heavy (non-hydrogen) atoms. The molecule has 0 atom stereocenters. The Hall–Kier alpha value is -2.42. The molecular weight excluding hydrogens is 222 g/mol. The zero-order chi connectivity index (χ0) is 12.4. The first-order chi connectivity index (χ1) is 8.88. The van der Waals surface area contributed by atoms with Crippen LogP contribution < -0.4 is 5.32 Å². The van der Waals surface area contributed by atoms with E-state index in [1.54, 1.807) is 6.20 Å². The van der Waals surface area contributed by atoms with Crippen LogP contribution in [0, 0.1) is 0 Å². The molecule has 1 N–H and O–H groups in total. The van der Waals surface area contributed by atoms with E-state index in [1.165, 1.54) is 0 Å². The van der Waals surface area contributed by atoms with Crippen molar-refractivity contribution >= 4 is 16.6 Å². The lowest BCUT2D eigenvalue weighted by molar-refractivity contribution is 1.27. The number of benzene rings is 1. The zero-order valence-electron chi connectivity index (χ0n) is 10.1. The van der Waals surface area contributed by atoms with Crippen molar-refractivity contribution in [2.24, 2.45) is 0 Å². The third kappa shape index (κ3) is 1.80. The average Bonchev–Trinajstić information content (AvgIpc) is 2.47. The van der Waals surface area contributed by atoms with Crippen LogP contribution in [0.15, 0.2) is 54.7 Å². The molecule has 3 aromatic rings. The maximum atomic E-state index is 4.65. The van der Waals surface area contributed by atoms with Gasteiger partial charge < -0.3 is 5.32 Å². The summed E-state index contributed by atoms with van der Waals surface area (Å²) in [4.78, 5) is 8.99. The molecule has 0 fully saturated rings. The molecule has 0 spiro atoms. The van der Waals surface area contributed by atoms with E-state index in [0.717, 1.165) is 28.0 Å². The highest BCUT2D eigenvalue weighted by atomic mass is 14.8. The molecule has 0 amide bonds. The van der Waals surface area contributed by atoms with E-state index >= 15 is 0 Å². The van der Waals surface area contributed by atoms with Gasteiger partial charge in [-0.15, -0.1) is 0 Å². The first kappa shape index (κ1) is 10.7. The number of rotatable bonds is 2. The lowest BCUT2D eigenvalue weighted by Gasteiger charge is -2.08. The van der Waals surface area contributed by atoms with Crippen LogP contribution in [0.5, 0.6) is 0 Å². The van der Waals surface area contributed by atoms with Gasteiger partial charge in [0.05, 0.1) is 16.9 Å². The molecule has 3 nitrogen and oxygen atoms in total. The second-order valence-electron chi connectivity index (χ2n) is 4.04. The van der Waals surface area contributed by atoms with E-state index in [0.29, 0.717) is 0 Å². The Kier molecular flexibility index (Phi) is 2.65. The minimum Gasteiger partial charge on any atom is -0.388 e. The minimum atomic E-state index is 0.888. The highest BCUT2D eigenvalue weighted by molar-refractivity contribution is 5.93. The molecular formula is C15H13N3. The second-order valence-corrected chi connectivity index (χ2v) is 4.04. The molecule has 0 bridgehead atoms. The molecule has 3 heteroatoms. The fraction of sp³-hybridized carbons (Fsp3) is 0.0667. The van der Waals surface area contributed by atoms with Crippen LogP contribution in [0.25, 0.3) is 22.3 Å². The molecule has 0 unspecified atom stereocenters. The van der Waals surface area contributed by atoms with Crippen molar-refractivity contribution in [1.29, 1.82) is 0 Å². The third-order valence-corrected chi connectivity index (χ3v) is 2.91. The summed E-state index contributed by atoms with van der Waals surface area (Å²) in [5.74, 6) is 0. The quantitative estimate of drug-likeness (QED) is 0.740. The number of hydrogen-bond donors (Lipinski definition) is 1.